The van der Waals surface area contributed by atoms with Gasteiger partial charge in [0.1, 0.15) is 5.58 Å². The number of halogens is 1. The summed E-state index contributed by atoms with van der Waals surface area (Å²) in [5, 5.41) is 2.15. The Kier molecular flexibility index (Phi) is 2.65. The van der Waals surface area contributed by atoms with Gasteiger partial charge in [0.15, 0.2) is 5.09 Å². The molecule has 0 atom stereocenters. The number of hydrogen-bond acceptors (Lipinski definition) is 2. The van der Waals surface area contributed by atoms with Crippen molar-refractivity contribution in [3.63, 3.8) is 0 Å². The summed E-state index contributed by atoms with van der Waals surface area (Å²) in [5.74, 6) is 1.04. The molecule has 0 bridgehead atoms. The first kappa shape index (κ1) is 9.16. The fourth-order valence-corrected chi connectivity index (χ4v) is 2.23. The minimum Gasteiger partial charge on any atom is -0.450 e. The maximum Gasteiger partial charge on any atom is 0.161 e. The summed E-state index contributed by atoms with van der Waals surface area (Å²) in [7, 11) is 0. The Morgan fingerprint density at radius 2 is 2.23 bits per heavy atom. The van der Waals surface area contributed by atoms with E-state index in [1.807, 2.05) is 12.1 Å². The van der Waals surface area contributed by atoms with Gasteiger partial charge < -0.3 is 4.42 Å². The molecule has 0 aliphatic rings. The van der Waals surface area contributed by atoms with E-state index in [1.54, 1.807) is 11.8 Å². The van der Waals surface area contributed by atoms with Crippen LogP contribution in [0, 0.1) is 0 Å². The van der Waals surface area contributed by atoms with Crippen molar-refractivity contribution in [3.05, 3.63) is 28.7 Å². The van der Waals surface area contributed by atoms with Crippen LogP contribution in [0.5, 0.6) is 0 Å². The molecule has 0 saturated heterocycles. The van der Waals surface area contributed by atoms with Crippen molar-refractivity contribution in [3.8, 4) is 0 Å². The number of benzene rings is 1. The minimum atomic E-state index is 0.958. The molecule has 0 radical (unpaired) electrons. The van der Waals surface area contributed by atoms with E-state index < -0.39 is 0 Å². The highest BCUT2D eigenvalue weighted by Crippen LogP contribution is 2.28. The summed E-state index contributed by atoms with van der Waals surface area (Å²) >= 11 is 5.16. The topological polar surface area (TPSA) is 13.1 Å². The lowest BCUT2D eigenvalue weighted by Crippen LogP contribution is -1.62. The molecule has 0 saturated carbocycles. The van der Waals surface area contributed by atoms with Gasteiger partial charge in [0.2, 0.25) is 0 Å². The van der Waals surface area contributed by atoms with Crippen molar-refractivity contribution in [2.75, 3.05) is 5.75 Å². The van der Waals surface area contributed by atoms with Crippen LogP contribution in [0.2, 0.25) is 0 Å². The second kappa shape index (κ2) is 3.76. The zero-order chi connectivity index (χ0) is 9.26. The van der Waals surface area contributed by atoms with Crippen LogP contribution < -0.4 is 0 Å². The Hall–Kier alpha value is -0.410. The van der Waals surface area contributed by atoms with Gasteiger partial charge in [-0.15, -0.1) is 0 Å². The first-order chi connectivity index (χ1) is 6.29. The Morgan fingerprint density at radius 3 is 3.00 bits per heavy atom. The molecule has 13 heavy (non-hydrogen) atoms. The Bertz CT molecular complexity index is 422. The van der Waals surface area contributed by atoms with E-state index in [1.165, 1.54) is 0 Å². The van der Waals surface area contributed by atoms with Crippen LogP contribution in [0.1, 0.15) is 6.92 Å². The van der Waals surface area contributed by atoms with Gasteiger partial charge in [-0.2, -0.15) is 0 Å². The quantitative estimate of drug-likeness (QED) is 0.744. The lowest BCUT2D eigenvalue weighted by atomic mass is 10.3. The van der Waals surface area contributed by atoms with Crippen LogP contribution in [0.3, 0.4) is 0 Å². The Balaban J connectivity index is 2.49. The van der Waals surface area contributed by atoms with Crippen molar-refractivity contribution in [1.29, 1.82) is 0 Å². The average Bonchev–Trinajstić information content (AvgIpc) is 2.46. The molecule has 1 heterocycles. The van der Waals surface area contributed by atoms with Gasteiger partial charge in [-0.3, -0.25) is 0 Å². The first-order valence-corrected chi connectivity index (χ1v) is 5.89. The summed E-state index contributed by atoms with van der Waals surface area (Å²) in [6.45, 7) is 2.12. The molecule has 0 unspecified atom stereocenters. The van der Waals surface area contributed by atoms with E-state index in [2.05, 4.69) is 35.0 Å². The van der Waals surface area contributed by atoms with Gasteiger partial charge in [0, 0.05) is 9.86 Å². The van der Waals surface area contributed by atoms with Crippen LogP contribution in [0.4, 0.5) is 0 Å². The summed E-state index contributed by atoms with van der Waals surface area (Å²) < 4.78 is 6.70. The predicted octanol–water partition coefficient (Wildman–Crippen LogP) is 4.31. The number of hydrogen-bond donors (Lipinski definition) is 0. The zero-order valence-corrected chi connectivity index (χ0v) is 9.61. The van der Waals surface area contributed by atoms with Gasteiger partial charge in [0.25, 0.3) is 0 Å². The third-order valence-corrected chi connectivity index (χ3v) is 3.01. The molecular formula is C10H9BrOS. The monoisotopic (exact) mass is 256 g/mol. The third-order valence-electron chi connectivity index (χ3n) is 1.74. The molecule has 0 N–H and O–H groups in total. The second-order valence-electron chi connectivity index (χ2n) is 2.68. The predicted molar refractivity (Wildman–Crippen MR) is 60.3 cm³/mol. The summed E-state index contributed by atoms with van der Waals surface area (Å²) in [4.78, 5) is 0. The highest BCUT2D eigenvalue weighted by molar-refractivity contribution is 9.10. The minimum absolute atomic E-state index is 0.958. The maximum atomic E-state index is 5.61. The van der Waals surface area contributed by atoms with E-state index in [0.29, 0.717) is 0 Å². The van der Waals surface area contributed by atoms with Gasteiger partial charge in [0.05, 0.1) is 0 Å². The Morgan fingerprint density at radius 1 is 1.38 bits per heavy atom. The van der Waals surface area contributed by atoms with Gasteiger partial charge >= 0.3 is 0 Å². The highest BCUT2D eigenvalue weighted by Gasteiger charge is 2.02. The molecular weight excluding hydrogens is 248 g/mol. The molecule has 68 valence electrons. The van der Waals surface area contributed by atoms with E-state index in [0.717, 1.165) is 26.3 Å². The van der Waals surface area contributed by atoms with E-state index in [-0.39, 0.29) is 0 Å². The highest BCUT2D eigenvalue weighted by atomic mass is 79.9. The third kappa shape index (κ3) is 1.92. The molecule has 2 aromatic rings. The molecule has 1 nitrogen and oxygen atoms in total. The molecule has 0 aliphatic carbocycles. The largest absolute Gasteiger partial charge is 0.450 e. The van der Waals surface area contributed by atoms with Gasteiger partial charge in [-0.25, -0.2) is 0 Å². The van der Waals surface area contributed by atoms with Crippen molar-refractivity contribution in [1.82, 2.24) is 0 Å². The second-order valence-corrected chi connectivity index (χ2v) is 4.86. The van der Waals surface area contributed by atoms with Crippen LogP contribution in [0.25, 0.3) is 11.0 Å². The van der Waals surface area contributed by atoms with Crippen molar-refractivity contribution < 1.29 is 4.42 Å². The SMILES string of the molecule is CCSc1cc2cc(Br)ccc2o1. The number of fused-ring (bicyclic) bond motifs is 1. The smallest absolute Gasteiger partial charge is 0.161 e. The number of thioether (sulfide) groups is 1. The number of furan rings is 1. The molecule has 1 aromatic carbocycles. The molecule has 2 rings (SSSR count). The average molecular weight is 257 g/mol. The number of rotatable bonds is 2. The first-order valence-electron chi connectivity index (χ1n) is 4.11. The summed E-state index contributed by atoms with van der Waals surface area (Å²) in [6.07, 6.45) is 0. The van der Waals surface area contributed by atoms with Crippen molar-refractivity contribution in [2.45, 2.75) is 12.0 Å². The normalized spacial score (nSPS) is 10.9. The van der Waals surface area contributed by atoms with Crippen molar-refractivity contribution in [2.24, 2.45) is 0 Å². The van der Waals surface area contributed by atoms with Crippen LogP contribution in [0.15, 0.2) is 38.2 Å². The molecule has 0 amide bonds. The molecule has 3 heteroatoms. The fraction of sp³-hybridized carbons (Fsp3) is 0.200. The molecule has 0 spiro atoms. The summed E-state index contributed by atoms with van der Waals surface area (Å²) in [6, 6.07) is 8.12. The lowest BCUT2D eigenvalue weighted by molar-refractivity contribution is 0.515. The Labute approximate surface area is 89.6 Å². The molecule has 1 aromatic heterocycles. The van der Waals surface area contributed by atoms with Crippen LogP contribution in [-0.2, 0) is 0 Å². The van der Waals surface area contributed by atoms with Crippen LogP contribution in [-0.4, -0.2) is 5.75 Å². The lowest BCUT2D eigenvalue weighted by Gasteiger charge is -1.88. The van der Waals surface area contributed by atoms with E-state index in [4.69, 9.17) is 4.42 Å². The van der Waals surface area contributed by atoms with Crippen molar-refractivity contribution >= 4 is 38.7 Å². The molecule has 0 aliphatic heterocycles. The standard InChI is InChI=1S/C10H9BrOS/c1-2-13-10-6-7-5-8(11)3-4-9(7)12-10/h3-6H,2H2,1H3. The van der Waals surface area contributed by atoms with Gasteiger partial charge in [-0.05, 0) is 30.0 Å². The zero-order valence-electron chi connectivity index (χ0n) is 7.21. The van der Waals surface area contributed by atoms with E-state index in [9.17, 15) is 0 Å². The van der Waals surface area contributed by atoms with Crippen LogP contribution >= 0.6 is 27.7 Å². The maximum absolute atomic E-state index is 5.61. The summed E-state index contributed by atoms with van der Waals surface area (Å²) in [5.41, 5.74) is 0.958. The fourth-order valence-electron chi connectivity index (χ4n) is 1.20. The van der Waals surface area contributed by atoms with Gasteiger partial charge in [-0.1, -0.05) is 34.6 Å². The van der Waals surface area contributed by atoms with E-state index >= 15 is 0 Å². The molecule has 0 fully saturated rings.